The van der Waals surface area contributed by atoms with Gasteiger partial charge in [-0.25, -0.2) is 0 Å². The molecule has 0 radical (unpaired) electrons. The summed E-state index contributed by atoms with van der Waals surface area (Å²) in [5, 5.41) is 2.95. The standard InChI is InChI=1S/C15H22N2O2/c1-19-12-7-5-6-11(10-12)17-15(18)13-8-3-2-4-9-14(13)16/h5-7,10,13-14H,2-4,8-9,16H2,1H3,(H,17,18). The van der Waals surface area contributed by atoms with E-state index in [0.29, 0.717) is 0 Å². The van der Waals surface area contributed by atoms with Gasteiger partial charge in [0.05, 0.1) is 13.0 Å². The van der Waals surface area contributed by atoms with Crippen LogP contribution in [0.25, 0.3) is 0 Å². The Labute approximate surface area is 114 Å². The number of ether oxygens (including phenoxy) is 1. The van der Waals surface area contributed by atoms with E-state index in [1.807, 2.05) is 24.3 Å². The number of carbonyl (C=O) groups excluding carboxylic acids is 1. The average molecular weight is 262 g/mol. The van der Waals surface area contributed by atoms with Gasteiger partial charge in [-0.15, -0.1) is 0 Å². The van der Waals surface area contributed by atoms with Crippen molar-refractivity contribution in [3.63, 3.8) is 0 Å². The van der Waals surface area contributed by atoms with Crippen molar-refractivity contribution in [2.24, 2.45) is 11.7 Å². The van der Waals surface area contributed by atoms with Gasteiger partial charge < -0.3 is 15.8 Å². The SMILES string of the molecule is COc1cccc(NC(=O)C2CCCCCC2N)c1. The summed E-state index contributed by atoms with van der Waals surface area (Å²) in [5.41, 5.74) is 6.87. The van der Waals surface area contributed by atoms with Gasteiger partial charge in [-0.2, -0.15) is 0 Å². The molecule has 3 N–H and O–H groups in total. The first kappa shape index (κ1) is 13.9. The summed E-state index contributed by atoms with van der Waals surface area (Å²) in [7, 11) is 1.61. The van der Waals surface area contributed by atoms with Crippen LogP contribution in [0, 0.1) is 5.92 Å². The molecule has 1 aromatic rings. The van der Waals surface area contributed by atoms with Crippen LogP contribution in [0.3, 0.4) is 0 Å². The number of hydrogen-bond donors (Lipinski definition) is 2. The third-order valence-corrected chi connectivity index (χ3v) is 3.74. The second kappa shape index (κ2) is 6.57. The van der Waals surface area contributed by atoms with E-state index >= 15 is 0 Å². The number of nitrogens with two attached hydrogens (primary N) is 1. The summed E-state index contributed by atoms with van der Waals surface area (Å²) >= 11 is 0. The van der Waals surface area contributed by atoms with Gasteiger partial charge in [0.25, 0.3) is 0 Å². The maximum absolute atomic E-state index is 12.3. The van der Waals surface area contributed by atoms with E-state index in [1.165, 1.54) is 6.42 Å². The lowest BCUT2D eigenvalue weighted by molar-refractivity contribution is -0.120. The first-order chi connectivity index (χ1) is 9.20. The number of benzene rings is 1. The molecule has 2 atom stereocenters. The van der Waals surface area contributed by atoms with E-state index in [4.69, 9.17) is 10.5 Å². The Morgan fingerprint density at radius 1 is 1.32 bits per heavy atom. The molecule has 0 spiro atoms. The molecule has 0 heterocycles. The Morgan fingerprint density at radius 3 is 2.89 bits per heavy atom. The van der Waals surface area contributed by atoms with Crippen molar-refractivity contribution in [3.05, 3.63) is 24.3 Å². The van der Waals surface area contributed by atoms with Crippen molar-refractivity contribution in [1.82, 2.24) is 0 Å². The Bertz CT molecular complexity index is 434. The normalized spacial score (nSPS) is 23.5. The van der Waals surface area contributed by atoms with Gasteiger partial charge >= 0.3 is 0 Å². The fourth-order valence-electron chi connectivity index (χ4n) is 2.60. The lowest BCUT2D eigenvalue weighted by Crippen LogP contribution is -2.37. The monoisotopic (exact) mass is 262 g/mol. The van der Waals surface area contributed by atoms with Gasteiger partial charge in [-0.3, -0.25) is 4.79 Å². The summed E-state index contributed by atoms with van der Waals surface area (Å²) in [6.45, 7) is 0. The number of hydrogen-bond acceptors (Lipinski definition) is 3. The second-order valence-electron chi connectivity index (χ2n) is 5.13. The zero-order chi connectivity index (χ0) is 13.7. The fraction of sp³-hybridized carbons (Fsp3) is 0.533. The van der Waals surface area contributed by atoms with E-state index in [2.05, 4.69) is 5.32 Å². The average Bonchev–Trinajstić information content (AvgIpc) is 2.63. The smallest absolute Gasteiger partial charge is 0.229 e. The minimum atomic E-state index is -0.0753. The third kappa shape index (κ3) is 3.70. The topological polar surface area (TPSA) is 64.3 Å². The molecule has 1 aliphatic rings. The van der Waals surface area contributed by atoms with Crippen LogP contribution in [0.1, 0.15) is 32.1 Å². The first-order valence-corrected chi connectivity index (χ1v) is 6.91. The van der Waals surface area contributed by atoms with Crippen molar-refractivity contribution < 1.29 is 9.53 Å². The van der Waals surface area contributed by atoms with Crippen molar-refractivity contribution in [2.45, 2.75) is 38.1 Å². The number of nitrogens with one attached hydrogen (secondary N) is 1. The Kier molecular flexibility index (Phi) is 4.80. The van der Waals surface area contributed by atoms with Gasteiger partial charge in [0.15, 0.2) is 0 Å². The Hall–Kier alpha value is -1.55. The van der Waals surface area contributed by atoms with Crippen molar-refractivity contribution in [3.8, 4) is 5.75 Å². The van der Waals surface area contributed by atoms with Crippen LogP contribution < -0.4 is 15.8 Å². The molecule has 2 rings (SSSR count). The van der Waals surface area contributed by atoms with Gasteiger partial charge in [-0.1, -0.05) is 25.3 Å². The lowest BCUT2D eigenvalue weighted by Gasteiger charge is -2.20. The number of amides is 1. The summed E-state index contributed by atoms with van der Waals surface area (Å²) in [6, 6.07) is 7.38. The lowest BCUT2D eigenvalue weighted by atomic mass is 9.94. The second-order valence-corrected chi connectivity index (χ2v) is 5.13. The molecule has 0 aromatic heterocycles. The predicted octanol–water partition coefficient (Wildman–Crippen LogP) is 2.54. The van der Waals surface area contributed by atoms with Crippen molar-refractivity contribution in [2.75, 3.05) is 12.4 Å². The maximum atomic E-state index is 12.3. The summed E-state index contributed by atoms with van der Waals surface area (Å²) in [5.74, 6) is 0.694. The number of carbonyl (C=O) groups is 1. The highest BCUT2D eigenvalue weighted by Gasteiger charge is 2.26. The van der Waals surface area contributed by atoms with E-state index in [0.717, 1.165) is 37.1 Å². The van der Waals surface area contributed by atoms with Gasteiger partial charge in [0, 0.05) is 17.8 Å². The predicted molar refractivity (Wildman–Crippen MR) is 76.2 cm³/mol. The molecule has 4 heteroatoms. The van der Waals surface area contributed by atoms with Crippen LogP contribution in [0.4, 0.5) is 5.69 Å². The molecule has 1 amide bonds. The maximum Gasteiger partial charge on any atom is 0.229 e. The third-order valence-electron chi connectivity index (χ3n) is 3.74. The molecule has 0 bridgehead atoms. The van der Waals surface area contributed by atoms with Crippen LogP contribution in [0.5, 0.6) is 5.75 Å². The molecule has 4 nitrogen and oxygen atoms in total. The zero-order valence-electron chi connectivity index (χ0n) is 11.4. The van der Waals surface area contributed by atoms with E-state index < -0.39 is 0 Å². The molecule has 2 unspecified atom stereocenters. The molecular formula is C15H22N2O2. The largest absolute Gasteiger partial charge is 0.497 e. The van der Waals surface area contributed by atoms with Crippen LogP contribution in [0.2, 0.25) is 0 Å². The summed E-state index contributed by atoms with van der Waals surface area (Å²) in [4.78, 5) is 12.3. The molecule has 1 saturated carbocycles. The zero-order valence-corrected chi connectivity index (χ0v) is 11.4. The minimum absolute atomic E-state index is 0.0203. The molecule has 19 heavy (non-hydrogen) atoms. The van der Waals surface area contributed by atoms with Gasteiger partial charge in [-0.05, 0) is 25.0 Å². The molecular weight excluding hydrogens is 240 g/mol. The van der Waals surface area contributed by atoms with E-state index in [9.17, 15) is 4.79 Å². The Balaban J connectivity index is 2.02. The van der Waals surface area contributed by atoms with E-state index in [1.54, 1.807) is 7.11 Å². The quantitative estimate of drug-likeness (QED) is 0.823. The Morgan fingerprint density at radius 2 is 2.11 bits per heavy atom. The van der Waals surface area contributed by atoms with Crippen molar-refractivity contribution >= 4 is 11.6 Å². The highest BCUT2D eigenvalue weighted by molar-refractivity contribution is 5.93. The molecule has 1 fully saturated rings. The molecule has 104 valence electrons. The van der Waals surface area contributed by atoms with Crippen LogP contribution >= 0.6 is 0 Å². The fourth-order valence-corrected chi connectivity index (χ4v) is 2.60. The molecule has 1 aromatic carbocycles. The summed E-state index contributed by atoms with van der Waals surface area (Å²) < 4.78 is 5.15. The van der Waals surface area contributed by atoms with Crippen molar-refractivity contribution in [1.29, 1.82) is 0 Å². The van der Waals surface area contributed by atoms with E-state index in [-0.39, 0.29) is 17.9 Å². The van der Waals surface area contributed by atoms with Crippen LogP contribution in [0.15, 0.2) is 24.3 Å². The number of anilines is 1. The molecule has 0 aliphatic heterocycles. The minimum Gasteiger partial charge on any atom is -0.497 e. The first-order valence-electron chi connectivity index (χ1n) is 6.91. The number of rotatable bonds is 3. The highest BCUT2D eigenvalue weighted by Crippen LogP contribution is 2.24. The summed E-state index contributed by atoms with van der Waals surface area (Å²) in [6.07, 6.45) is 5.22. The van der Waals surface area contributed by atoms with Gasteiger partial charge in [0.1, 0.15) is 5.75 Å². The van der Waals surface area contributed by atoms with Crippen LogP contribution in [-0.2, 0) is 4.79 Å². The number of methoxy groups -OCH3 is 1. The molecule has 1 aliphatic carbocycles. The molecule has 0 saturated heterocycles. The van der Waals surface area contributed by atoms with Gasteiger partial charge in [0.2, 0.25) is 5.91 Å². The highest BCUT2D eigenvalue weighted by atomic mass is 16.5. The van der Waals surface area contributed by atoms with Crippen LogP contribution in [-0.4, -0.2) is 19.1 Å².